The van der Waals surface area contributed by atoms with Gasteiger partial charge in [-0.2, -0.15) is 0 Å². The number of rotatable bonds is 7. The molecular weight excluding hydrogens is 813 g/mol. The number of furan rings is 1. The van der Waals surface area contributed by atoms with Gasteiger partial charge in [-0.05, 0) is 135 Å². The van der Waals surface area contributed by atoms with E-state index in [0.717, 1.165) is 67.7 Å². The van der Waals surface area contributed by atoms with Crippen LogP contribution in [0.25, 0.3) is 88.4 Å². The molecule has 2 aromatic heterocycles. The van der Waals surface area contributed by atoms with E-state index in [-0.39, 0.29) is 5.41 Å². The van der Waals surface area contributed by atoms with Crippen LogP contribution in [0.5, 0.6) is 0 Å². The summed E-state index contributed by atoms with van der Waals surface area (Å²) in [6.45, 7) is 7.00. The molecule has 2 heterocycles. The third-order valence-corrected chi connectivity index (χ3v) is 14.5. The van der Waals surface area contributed by atoms with Crippen molar-refractivity contribution in [1.29, 1.82) is 0 Å². The van der Waals surface area contributed by atoms with Crippen LogP contribution in [0, 0.1) is 5.92 Å². The Balaban J connectivity index is 0.986. The Morgan fingerprint density at radius 3 is 1.93 bits per heavy atom. The molecule has 0 saturated heterocycles. The van der Waals surface area contributed by atoms with Crippen molar-refractivity contribution in [2.75, 3.05) is 4.90 Å². The molecule has 0 amide bonds. The van der Waals surface area contributed by atoms with Crippen molar-refractivity contribution < 1.29 is 4.42 Å². The van der Waals surface area contributed by atoms with E-state index in [1.807, 2.05) is 0 Å². The molecule has 2 aliphatic carbocycles. The first kappa shape index (κ1) is 39.2. The third-order valence-electron chi connectivity index (χ3n) is 14.5. The summed E-state index contributed by atoms with van der Waals surface area (Å²) in [7, 11) is 0. The van der Waals surface area contributed by atoms with E-state index in [2.05, 4.69) is 249 Å². The predicted octanol–water partition coefficient (Wildman–Crippen LogP) is 17.8. The van der Waals surface area contributed by atoms with Crippen molar-refractivity contribution in [2.24, 2.45) is 5.92 Å². The molecule has 0 spiro atoms. The molecule has 3 heteroatoms. The standard InChI is InChI=1S/C64H48N2O/c1-41-14-13-17-46(38-41)44-26-32-49(33-27-44)66-59-22-11-8-20-54(59)61-55(40-56-53-19-9-12-23-60(53)67-63(56)62(61)66)45-28-34-48(35-29-45)65(47-30-24-43(25-31-47)42-15-5-4-6-16-42)50-36-37-52-51-18-7-10-21-57(51)64(2,3)58(52)39-50/h4-13,15-41H,14H2,1-3H3. The Morgan fingerprint density at radius 1 is 0.522 bits per heavy atom. The summed E-state index contributed by atoms with van der Waals surface area (Å²) in [5.74, 6) is 0.533. The second kappa shape index (κ2) is 15.2. The van der Waals surface area contributed by atoms with Gasteiger partial charge in [-0.3, -0.25) is 0 Å². The van der Waals surface area contributed by atoms with E-state index in [4.69, 9.17) is 4.42 Å². The van der Waals surface area contributed by atoms with Crippen LogP contribution >= 0.6 is 0 Å². The van der Waals surface area contributed by atoms with Crippen LogP contribution in [-0.4, -0.2) is 4.57 Å². The quantitative estimate of drug-likeness (QED) is 0.159. The molecule has 0 bridgehead atoms. The molecule has 0 saturated carbocycles. The van der Waals surface area contributed by atoms with E-state index >= 15 is 0 Å². The highest BCUT2D eigenvalue weighted by Gasteiger charge is 2.36. The van der Waals surface area contributed by atoms with Gasteiger partial charge in [0.25, 0.3) is 0 Å². The number of anilines is 3. The molecule has 0 radical (unpaired) electrons. The minimum Gasteiger partial charge on any atom is -0.454 e. The SMILES string of the molecule is CC1C=C(c2ccc(-n3c4ccccc4c4c(-c5ccc(N(c6ccc(-c7ccccc7)cc6)c6ccc7c(c6)C(C)(C)c6ccccc6-7)cc5)cc5c6ccccc6oc5c43)cc2)C=CC1. The molecule has 0 aliphatic heterocycles. The molecule has 1 unspecified atom stereocenters. The lowest BCUT2D eigenvalue weighted by molar-refractivity contribution is 0.660. The minimum absolute atomic E-state index is 0.125. The zero-order chi connectivity index (χ0) is 44.8. The number of para-hydroxylation sites is 2. The number of nitrogens with zero attached hydrogens (tertiary/aromatic N) is 2. The Morgan fingerprint density at radius 2 is 1.15 bits per heavy atom. The molecule has 2 aliphatic rings. The highest BCUT2D eigenvalue weighted by atomic mass is 16.3. The fourth-order valence-electron chi connectivity index (χ4n) is 11.2. The maximum atomic E-state index is 6.89. The first-order valence-corrected chi connectivity index (χ1v) is 23.6. The van der Waals surface area contributed by atoms with Crippen molar-refractivity contribution >= 4 is 66.4 Å². The lowest BCUT2D eigenvalue weighted by atomic mass is 9.82. The van der Waals surface area contributed by atoms with Crippen molar-refractivity contribution in [3.63, 3.8) is 0 Å². The van der Waals surface area contributed by atoms with E-state index in [9.17, 15) is 0 Å². The smallest absolute Gasteiger partial charge is 0.160 e. The number of fused-ring (bicyclic) bond motifs is 10. The van der Waals surface area contributed by atoms with E-state index < -0.39 is 0 Å². The summed E-state index contributed by atoms with van der Waals surface area (Å²) in [5.41, 5.74) is 20.9. The predicted molar refractivity (Wildman–Crippen MR) is 282 cm³/mol. The monoisotopic (exact) mass is 860 g/mol. The maximum Gasteiger partial charge on any atom is 0.160 e. The van der Waals surface area contributed by atoms with Gasteiger partial charge in [-0.15, -0.1) is 0 Å². The summed E-state index contributed by atoms with van der Waals surface area (Å²) in [4.78, 5) is 2.41. The molecule has 320 valence electrons. The fraction of sp³-hybridized carbons (Fsp3) is 0.0938. The normalized spacial score (nSPS) is 15.0. The molecule has 11 aromatic rings. The zero-order valence-corrected chi connectivity index (χ0v) is 37.9. The van der Waals surface area contributed by atoms with Crippen LogP contribution in [0.15, 0.2) is 223 Å². The van der Waals surface area contributed by atoms with Crippen LogP contribution in [-0.2, 0) is 5.41 Å². The Hall–Kier alpha value is -8.14. The summed E-state index contributed by atoms with van der Waals surface area (Å²) in [6, 6.07) is 73.5. The van der Waals surface area contributed by atoms with Gasteiger partial charge in [0.1, 0.15) is 5.58 Å². The number of hydrogen-bond acceptors (Lipinski definition) is 2. The molecule has 1 atom stereocenters. The summed E-state index contributed by atoms with van der Waals surface area (Å²) < 4.78 is 9.30. The molecule has 9 aromatic carbocycles. The minimum atomic E-state index is -0.125. The first-order chi connectivity index (χ1) is 32.9. The highest BCUT2D eigenvalue weighted by Crippen LogP contribution is 2.51. The zero-order valence-electron chi connectivity index (χ0n) is 37.9. The molecule has 3 nitrogen and oxygen atoms in total. The van der Waals surface area contributed by atoms with E-state index in [1.54, 1.807) is 0 Å². The maximum absolute atomic E-state index is 6.89. The number of aromatic nitrogens is 1. The second-order valence-electron chi connectivity index (χ2n) is 19.0. The highest BCUT2D eigenvalue weighted by molar-refractivity contribution is 6.26. The van der Waals surface area contributed by atoms with Crippen LogP contribution in [0.3, 0.4) is 0 Å². The molecule has 13 rings (SSSR count). The third kappa shape index (κ3) is 6.26. The van der Waals surface area contributed by atoms with Gasteiger partial charge in [0.15, 0.2) is 5.58 Å². The van der Waals surface area contributed by atoms with Gasteiger partial charge >= 0.3 is 0 Å². The number of hydrogen-bond donors (Lipinski definition) is 0. The summed E-state index contributed by atoms with van der Waals surface area (Å²) >= 11 is 0. The summed E-state index contributed by atoms with van der Waals surface area (Å²) in [6.07, 6.45) is 8.03. The average molecular weight is 861 g/mol. The van der Waals surface area contributed by atoms with Crippen LogP contribution in [0.4, 0.5) is 17.1 Å². The van der Waals surface area contributed by atoms with Crippen LogP contribution in [0.1, 0.15) is 43.9 Å². The van der Waals surface area contributed by atoms with Gasteiger partial charge < -0.3 is 13.9 Å². The van der Waals surface area contributed by atoms with Crippen molar-refractivity contribution in [2.45, 2.75) is 32.6 Å². The van der Waals surface area contributed by atoms with Gasteiger partial charge in [0, 0.05) is 49.7 Å². The Kier molecular flexibility index (Phi) is 8.92. The van der Waals surface area contributed by atoms with Crippen molar-refractivity contribution in [3.05, 3.63) is 235 Å². The Labute approximate surface area is 391 Å². The van der Waals surface area contributed by atoms with E-state index in [0.29, 0.717) is 5.92 Å². The summed E-state index contributed by atoms with van der Waals surface area (Å²) in [5, 5.41) is 4.59. The second-order valence-corrected chi connectivity index (χ2v) is 19.0. The van der Waals surface area contributed by atoms with Gasteiger partial charge in [-0.1, -0.05) is 172 Å². The molecular formula is C64H48N2O. The van der Waals surface area contributed by atoms with Crippen molar-refractivity contribution in [3.8, 4) is 39.1 Å². The van der Waals surface area contributed by atoms with Gasteiger partial charge in [0.05, 0.1) is 11.0 Å². The number of benzene rings is 9. The molecule has 0 fully saturated rings. The lowest BCUT2D eigenvalue weighted by Crippen LogP contribution is -2.16. The largest absolute Gasteiger partial charge is 0.454 e. The van der Waals surface area contributed by atoms with Crippen LogP contribution < -0.4 is 4.90 Å². The molecule has 67 heavy (non-hydrogen) atoms. The van der Waals surface area contributed by atoms with E-state index in [1.165, 1.54) is 60.9 Å². The first-order valence-electron chi connectivity index (χ1n) is 23.6. The van der Waals surface area contributed by atoms with Gasteiger partial charge in [-0.25, -0.2) is 0 Å². The van der Waals surface area contributed by atoms with Crippen molar-refractivity contribution in [1.82, 2.24) is 4.57 Å². The van der Waals surface area contributed by atoms with Crippen LogP contribution in [0.2, 0.25) is 0 Å². The topological polar surface area (TPSA) is 21.3 Å². The Bertz CT molecular complexity index is 3790. The van der Waals surface area contributed by atoms with Gasteiger partial charge in [0.2, 0.25) is 0 Å². The fourth-order valence-corrected chi connectivity index (χ4v) is 11.2. The average Bonchev–Trinajstić information content (AvgIpc) is 4.00. The number of allylic oxidation sites excluding steroid dienone is 4. The lowest BCUT2D eigenvalue weighted by Gasteiger charge is -2.28. The molecule has 0 N–H and O–H groups in total.